The highest BCUT2D eigenvalue weighted by Crippen LogP contribution is 2.67. The maximum atomic E-state index is 10.1. The Balaban J connectivity index is 1.63. The van der Waals surface area contributed by atoms with Gasteiger partial charge in [-0.25, -0.2) is 0 Å². The van der Waals surface area contributed by atoms with Gasteiger partial charge < -0.3 is 5.11 Å². The topological polar surface area (TPSA) is 20.2 Å². The number of hydrogen-bond donors (Lipinski definition) is 1. The standard InChI is InChI=1S/C21H34O/c1-4-14-6-8-18-17-7-5-15-13-16(22)9-11-21(15,3)19(17)10-12-20(14,18)2/h4,15-19,22H,5-13H2,1-3H3. The van der Waals surface area contributed by atoms with Gasteiger partial charge in [-0.3, -0.25) is 0 Å². The average molecular weight is 303 g/mol. The molecule has 7 unspecified atom stereocenters. The average Bonchev–Trinajstić information content (AvgIpc) is 2.84. The summed E-state index contributed by atoms with van der Waals surface area (Å²) < 4.78 is 0. The minimum Gasteiger partial charge on any atom is -0.393 e. The lowest BCUT2D eigenvalue weighted by atomic mass is 9.45. The molecule has 1 heteroatoms. The highest BCUT2D eigenvalue weighted by atomic mass is 16.3. The van der Waals surface area contributed by atoms with Crippen LogP contribution < -0.4 is 0 Å². The van der Waals surface area contributed by atoms with Crippen LogP contribution in [0.5, 0.6) is 0 Å². The van der Waals surface area contributed by atoms with Gasteiger partial charge in [-0.05, 0) is 99.2 Å². The second kappa shape index (κ2) is 5.10. The Labute approximate surface area is 136 Å². The second-order valence-electron chi connectivity index (χ2n) is 9.39. The van der Waals surface area contributed by atoms with Crippen molar-refractivity contribution >= 4 is 0 Å². The molecule has 0 aromatic heterocycles. The van der Waals surface area contributed by atoms with Gasteiger partial charge in [-0.2, -0.15) is 0 Å². The van der Waals surface area contributed by atoms with Crippen molar-refractivity contribution in [1.29, 1.82) is 0 Å². The van der Waals surface area contributed by atoms with E-state index in [1.165, 1.54) is 44.9 Å². The summed E-state index contributed by atoms with van der Waals surface area (Å²) in [6.07, 6.45) is 14.3. The molecule has 0 saturated heterocycles. The molecule has 4 saturated carbocycles. The van der Waals surface area contributed by atoms with Crippen LogP contribution >= 0.6 is 0 Å². The second-order valence-corrected chi connectivity index (χ2v) is 9.39. The Morgan fingerprint density at radius 3 is 2.59 bits per heavy atom. The molecule has 124 valence electrons. The SMILES string of the molecule is CC=C1CCC2C3CCC4CC(O)CCC4(C)C3CCC12C. The molecule has 1 N–H and O–H groups in total. The van der Waals surface area contributed by atoms with Crippen molar-refractivity contribution < 1.29 is 5.11 Å². The summed E-state index contributed by atoms with van der Waals surface area (Å²) in [4.78, 5) is 0. The molecule has 0 aromatic rings. The minimum absolute atomic E-state index is 0.00964. The Morgan fingerprint density at radius 1 is 1.00 bits per heavy atom. The van der Waals surface area contributed by atoms with Crippen LogP contribution in [-0.2, 0) is 0 Å². The van der Waals surface area contributed by atoms with Crippen molar-refractivity contribution in [1.82, 2.24) is 0 Å². The van der Waals surface area contributed by atoms with Crippen LogP contribution in [0.25, 0.3) is 0 Å². The summed E-state index contributed by atoms with van der Waals surface area (Å²) in [6, 6.07) is 0. The number of aliphatic hydroxyl groups is 1. The maximum Gasteiger partial charge on any atom is 0.0543 e. The molecular weight excluding hydrogens is 268 g/mol. The summed E-state index contributed by atoms with van der Waals surface area (Å²) in [5, 5.41) is 10.1. The van der Waals surface area contributed by atoms with E-state index in [1.807, 2.05) is 0 Å². The first-order valence-electron chi connectivity index (χ1n) is 9.83. The summed E-state index contributed by atoms with van der Waals surface area (Å²) in [6.45, 7) is 7.43. The van der Waals surface area contributed by atoms with Gasteiger partial charge in [-0.15, -0.1) is 0 Å². The van der Waals surface area contributed by atoms with Crippen molar-refractivity contribution in [3.63, 3.8) is 0 Å². The summed E-state index contributed by atoms with van der Waals surface area (Å²) in [7, 11) is 0. The summed E-state index contributed by atoms with van der Waals surface area (Å²) >= 11 is 0. The number of hydrogen-bond acceptors (Lipinski definition) is 1. The van der Waals surface area contributed by atoms with Gasteiger partial charge in [0.1, 0.15) is 0 Å². The van der Waals surface area contributed by atoms with Crippen LogP contribution in [-0.4, -0.2) is 11.2 Å². The van der Waals surface area contributed by atoms with Crippen molar-refractivity contribution in [3.8, 4) is 0 Å². The molecule has 0 radical (unpaired) electrons. The molecule has 4 aliphatic carbocycles. The van der Waals surface area contributed by atoms with E-state index in [0.29, 0.717) is 10.8 Å². The van der Waals surface area contributed by atoms with Crippen molar-refractivity contribution in [2.24, 2.45) is 34.5 Å². The van der Waals surface area contributed by atoms with Crippen molar-refractivity contribution in [3.05, 3.63) is 11.6 Å². The Hall–Kier alpha value is -0.300. The normalized spacial score (nSPS) is 56.4. The lowest BCUT2D eigenvalue weighted by molar-refractivity contribution is -0.116. The molecule has 7 atom stereocenters. The van der Waals surface area contributed by atoms with Gasteiger partial charge in [0.05, 0.1) is 6.10 Å². The zero-order chi connectivity index (χ0) is 15.5. The fourth-order valence-corrected chi connectivity index (χ4v) is 7.56. The molecule has 0 aliphatic heterocycles. The number of fused-ring (bicyclic) bond motifs is 5. The minimum atomic E-state index is -0.00964. The van der Waals surface area contributed by atoms with E-state index in [-0.39, 0.29) is 6.10 Å². The van der Waals surface area contributed by atoms with E-state index < -0.39 is 0 Å². The number of aliphatic hydroxyl groups excluding tert-OH is 1. The maximum absolute atomic E-state index is 10.1. The van der Waals surface area contributed by atoms with Crippen LogP contribution in [0.4, 0.5) is 0 Å². The molecule has 0 spiro atoms. The zero-order valence-corrected chi connectivity index (χ0v) is 14.8. The molecule has 4 aliphatic rings. The van der Waals surface area contributed by atoms with Crippen LogP contribution in [0.1, 0.15) is 78.6 Å². The lowest BCUT2D eigenvalue weighted by Gasteiger charge is -2.60. The first-order valence-corrected chi connectivity index (χ1v) is 9.83. The Morgan fingerprint density at radius 2 is 1.82 bits per heavy atom. The first kappa shape index (κ1) is 15.2. The smallest absolute Gasteiger partial charge is 0.0543 e. The monoisotopic (exact) mass is 302 g/mol. The van der Waals surface area contributed by atoms with Crippen LogP contribution in [0, 0.1) is 34.5 Å². The first-order chi connectivity index (χ1) is 10.5. The Kier molecular flexibility index (Phi) is 3.53. The quantitative estimate of drug-likeness (QED) is 0.599. The molecule has 0 aromatic carbocycles. The zero-order valence-electron chi connectivity index (χ0n) is 14.8. The fraction of sp³-hybridized carbons (Fsp3) is 0.905. The summed E-state index contributed by atoms with van der Waals surface area (Å²) in [5.74, 6) is 3.65. The van der Waals surface area contributed by atoms with Crippen molar-refractivity contribution in [2.75, 3.05) is 0 Å². The highest BCUT2D eigenvalue weighted by Gasteiger charge is 2.58. The molecule has 4 fully saturated rings. The molecule has 22 heavy (non-hydrogen) atoms. The van der Waals surface area contributed by atoms with Crippen LogP contribution in [0.3, 0.4) is 0 Å². The number of rotatable bonds is 0. The van der Waals surface area contributed by atoms with Gasteiger partial charge in [0.15, 0.2) is 0 Å². The third kappa shape index (κ3) is 1.93. The van der Waals surface area contributed by atoms with E-state index in [2.05, 4.69) is 26.8 Å². The van der Waals surface area contributed by atoms with Crippen LogP contribution in [0.2, 0.25) is 0 Å². The molecular formula is C21H34O. The van der Waals surface area contributed by atoms with E-state index in [9.17, 15) is 5.11 Å². The predicted molar refractivity (Wildman–Crippen MR) is 91.5 cm³/mol. The molecule has 4 rings (SSSR count). The van der Waals surface area contributed by atoms with E-state index >= 15 is 0 Å². The van der Waals surface area contributed by atoms with Gasteiger partial charge in [0, 0.05) is 0 Å². The summed E-state index contributed by atoms with van der Waals surface area (Å²) in [5.41, 5.74) is 2.82. The molecule has 1 nitrogen and oxygen atoms in total. The molecule has 0 heterocycles. The van der Waals surface area contributed by atoms with Gasteiger partial charge in [-0.1, -0.05) is 25.5 Å². The van der Waals surface area contributed by atoms with E-state index in [0.717, 1.165) is 36.5 Å². The molecule has 0 amide bonds. The molecule has 0 bridgehead atoms. The lowest BCUT2D eigenvalue weighted by Crippen LogP contribution is -2.53. The largest absolute Gasteiger partial charge is 0.393 e. The van der Waals surface area contributed by atoms with Gasteiger partial charge in [0.25, 0.3) is 0 Å². The predicted octanol–water partition coefficient (Wildman–Crippen LogP) is 5.34. The third-order valence-corrected chi connectivity index (χ3v) is 8.83. The fourth-order valence-electron chi connectivity index (χ4n) is 7.56. The van der Waals surface area contributed by atoms with E-state index in [4.69, 9.17) is 0 Å². The van der Waals surface area contributed by atoms with Gasteiger partial charge in [0.2, 0.25) is 0 Å². The van der Waals surface area contributed by atoms with Crippen LogP contribution in [0.15, 0.2) is 11.6 Å². The highest BCUT2D eigenvalue weighted by molar-refractivity contribution is 5.23. The number of allylic oxidation sites excluding steroid dienone is 2. The van der Waals surface area contributed by atoms with Crippen molar-refractivity contribution in [2.45, 2.75) is 84.7 Å². The third-order valence-electron chi connectivity index (χ3n) is 8.83. The van der Waals surface area contributed by atoms with E-state index in [1.54, 1.807) is 5.57 Å². The van der Waals surface area contributed by atoms with Gasteiger partial charge >= 0.3 is 0 Å². The Bertz CT molecular complexity index is 480.